The maximum Gasteiger partial charge on any atom is 0.0894 e. The average Bonchev–Trinajstić information content (AvgIpc) is 2.68. The zero-order valence-corrected chi connectivity index (χ0v) is 10.1. The van der Waals surface area contributed by atoms with Crippen LogP contribution in [0.15, 0.2) is 18.2 Å². The number of hydrogen-bond donors (Lipinski definition) is 2. The Hall–Kier alpha value is -1.09. The molecule has 3 heteroatoms. The summed E-state index contributed by atoms with van der Waals surface area (Å²) in [5.74, 6) is 0. The first-order chi connectivity index (χ1) is 8.29. The summed E-state index contributed by atoms with van der Waals surface area (Å²) in [6, 6.07) is 6.28. The van der Waals surface area contributed by atoms with Crippen molar-refractivity contribution in [3.63, 3.8) is 0 Å². The number of aliphatic hydroxyl groups excluding tert-OH is 1. The summed E-state index contributed by atoms with van der Waals surface area (Å²) in [6.07, 6.45) is 3.96. The first kappa shape index (κ1) is 12.4. The van der Waals surface area contributed by atoms with Crippen molar-refractivity contribution in [3.8, 4) is 0 Å². The second kappa shape index (κ2) is 6.01. The van der Waals surface area contributed by atoms with Crippen LogP contribution in [-0.2, 0) is 12.8 Å². The summed E-state index contributed by atoms with van der Waals surface area (Å²) >= 11 is 0. The Bertz CT molecular complexity index is 367. The molecular weight excluding hydrogens is 217 g/mol. The molecule has 0 bridgehead atoms. The Balaban J connectivity index is 1.80. The Morgan fingerprint density at radius 3 is 2.82 bits per heavy atom. The van der Waals surface area contributed by atoms with Crippen molar-refractivity contribution in [3.05, 3.63) is 29.3 Å². The zero-order valence-electron chi connectivity index (χ0n) is 10.1. The van der Waals surface area contributed by atoms with Crippen molar-refractivity contribution >= 4 is 5.69 Å². The predicted octanol–water partition coefficient (Wildman–Crippen LogP) is 2.70. The second-order valence-electron chi connectivity index (χ2n) is 4.72. The third kappa shape index (κ3) is 3.43. The SMILES string of the molecule is O[C@@H]1Cc2ccc(NCCCCCF)cc2C1. The lowest BCUT2D eigenvalue weighted by molar-refractivity contribution is 0.187. The van der Waals surface area contributed by atoms with Gasteiger partial charge in [-0.25, -0.2) is 0 Å². The molecule has 0 radical (unpaired) electrons. The molecule has 0 amide bonds. The summed E-state index contributed by atoms with van der Waals surface area (Å²) in [6.45, 7) is 0.679. The third-order valence-corrected chi connectivity index (χ3v) is 3.26. The summed E-state index contributed by atoms with van der Waals surface area (Å²) < 4.78 is 11.9. The normalized spacial score (nSPS) is 18.1. The van der Waals surface area contributed by atoms with Crippen LogP contribution in [0.25, 0.3) is 0 Å². The minimum Gasteiger partial charge on any atom is -0.392 e. The van der Waals surface area contributed by atoms with Crippen molar-refractivity contribution in [1.29, 1.82) is 0 Å². The van der Waals surface area contributed by atoms with Gasteiger partial charge >= 0.3 is 0 Å². The lowest BCUT2D eigenvalue weighted by Gasteiger charge is -2.07. The fraction of sp³-hybridized carbons (Fsp3) is 0.571. The molecule has 1 aliphatic carbocycles. The van der Waals surface area contributed by atoms with E-state index in [9.17, 15) is 9.50 Å². The van der Waals surface area contributed by atoms with Gasteiger partial charge in [0.2, 0.25) is 0 Å². The fourth-order valence-corrected chi connectivity index (χ4v) is 2.33. The van der Waals surface area contributed by atoms with E-state index in [0.717, 1.165) is 37.9 Å². The number of nitrogens with one attached hydrogen (secondary N) is 1. The molecule has 2 rings (SSSR count). The van der Waals surface area contributed by atoms with E-state index in [4.69, 9.17) is 0 Å². The highest BCUT2D eigenvalue weighted by Crippen LogP contribution is 2.25. The van der Waals surface area contributed by atoms with E-state index in [2.05, 4.69) is 23.5 Å². The molecule has 1 atom stereocenters. The summed E-state index contributed by atoms with van der Waals surface area (Å²) in [5, 5.41) is 12.9. The van der Waals surface area contributed by atoms with Gasteiger partial charge in [0.15, 0.2) is 0 Å². The van der Waals surface area contributed by atoms with Crippen LogP contribution in [0.3, 0.4) is 0 Å². The molecule has 0 fully saturated rings. The van der Waals surface area contributed by atoms with E-state index < -0.39 is 0 Å². The van der Waals surface area contributed by atoms with E-state index in [1.807, 2.05) is 0 Å². The van der Waals surface area contributed by atoms with Crippen molar-refractivity contribution in [2.75, 3.05) is 18.5 Å². The van der Waals surface area contributed by atoms with Gasteiger partial charge in [0.25, 0.3) is 0 Å². The first-order valence-corrected chi connectivity index (χ1v) is 6.39. The van der Waals surface area contributed by atoms with Gasteiger partial charge in [0.05, 0.1) is 12.8 Å². The number of hydrogen-bond acceptors (Lipinski definition) is 2. The standard InChI is InChI=1S/C14H20FNO/c15-6-2-1-3-7-16-13-5-4-11-9-14(17)10-12(11)8-13/h4-5,8,14,16-17H,1-3,6-7,9-10H2/t14-/m1/s1. The van der Waals surface area contributed by atoms with Crippen LogP contribution in [0.2, 0.25) is 0 Å². The molecule has 1 aliphatic rings. The molecule has 1 aromatic rings. The predicted molar refractivity (Wildman–Crippen MR) is 68.2 cm³/mol. The first-order valence-electron chi connectivity index (χ1n) is 6.39. The number of aliphatic hydroxyl groups is 1. The Kier molecular flexibility index (Phi) is 4.37. The number of fused-ring (bicyclic) bond motifs is 1. The van der Waals surface area contributed by atoms with E-state index in [0.29, 0.717) is 6.42 Å². The number of rotatable bonds is 6. The summed E-state index contributed by atoms with van der Waals surface area (Å²) in [4.78, 5) is 0. The van der Waals surface area contributed by atoms with Gasteiger partial charge in [0.1, 0.15) is 0 Å². The maximum atomic E-state index is 11.9. The van der Waals surface area contributed by atoms with Gasteiger partial charge in [-0.15, -0.1) is 0 Å². The summed E-state index contributed by atoms with van der Waals surface area (Å²) in [5.41, 5.74) is 3.63. The quantitative estimate of drug-likeness (QED) is 0.746. The second-order valence-corrected chi connectivity index (χ2v) is 4.72. The molecule has 0 unspecified atom stereocenters. The monoisotopic (exact) mass is 237 g/mol. The molecular formula is C14H20FNO. The zero-order chi connectivity index (χ0) is 12.1. The lowest BCUT2D eigenvalue weighted by Crippen LogP contribution is -2.03. The molecule has 2 N–H and O–H groups in total. The highest BCUT2D eigenvalue weighted by atomic mass is 19.1. The molecule has 0 aromatic heterocycles. The fourth-order valence-electron chi connectivity index (χ4n) is 2.33. The topological polar surface area (TPSA) is 32.3 Å². The highest BCUT2D eigenvalue weighted by molar-refractivity contribution is 5.50. The van der Waals surface area contributed by atoms with E-state index in [-0.39, 0.29) is 12.8 Å². The number of halogens is 1. The van der Waals surface area contributed by atoms with Gasteiger partial charge in [-0.2, -0.15) is 0 Å². The molecule has 17 heavy (non-hydrogen) atoms. The van der Waals surface area contributed by atoms with E-state index in [1.54, 1.807) is 0 Å². The van der Waals surface area contributed by atoms with Gasteiger partial charge in [-0.3, -0.25) is 4.39 Å². The van der Waals surface area contributed by atoms with Crippen LogP contribution >= 0.6 is 0 Å². The smallest absolute Gasteiger partial charge is 0.0894 e. The molecule has 94 valence electrons. The third-order valence-electron chi connectivity index (χ3n) is 3.26. The Morgan fingerprint density at radius 1 is 1.18 bits per heavy atom. The van der Waals surface area contributed by atoms with Crippen molar-refractivity contribution < 1.29 is 9.50 Å². The Labute approximate surface area is 102 Å². The number of alkyl halides is 1. The van der Waals surface area contributed by atoms with Crippen LogP contribution in [0.4, 0.5) is 10.1 Å². The molecule has 1 aromatic carbocycles. The molecule has 0 aliphatic heterocycles. The van der Waals surface area contributed by atoms with E-state index in [1.165, 1.54) is 11.1 Å². The van der Waals surface area contributed by atoms with Crippen LogP contribution < -0.4 is 5.32 Å². The van der Waals surface area contributed by atoms with Gasteiger partial charge in [0, 0.05) is 12.2 Å². The molecule has 0 spiro atoms. The highest BCUT2D eigenvalue weighted by Gasteiger charge is 2.18. The molecule has 0 heterocycles. The van der Waals surface area contributed by atoms with Gasteiger partial charge in [-0.1, -0.05) is 6.07 Å². The van der Waals surface area contributed by atoms with E-state index >= 15 is 0 Å². The minimum absolute atomic E-state index is 0.204. The van der Waals surface area contributed by atoms with Crippen LogP contribution in [0.5, 0.6) is 0 Å². The van der Waals surface area contributed by atoms with Gasteiger partial charge < -0.3 is 10.4 Å². The minimum atomic E-state index is -0.212. The number of unbranched alkanes of at least 4 members (excludes halogenated alkanes) is 2. The van der Waals surface area contributed by atoms with Crippen molar-refractivity contribution in [2.24, 2.45) is 0 Å². The van der Waals surface area contributed by atoms with Crippen LogP contribution in [-0.4, -0.2) is 24.4 Å². The number of benzene rings is 1. The summed E-state index contributed by atoms with van der Waals surface area (Å²) in [7, 11) is 0. The Morgan fingerprint density at radius 2 is 2.00 bits per heavy atom. The van der Waals surface area contributed by atoms with Crippen molar-refractivity contribution in [2.45, 2.75) is 38.2 Å². The van der Waals surface area contributed by atoms with Crippen LogP contribution in [0, 0.1) is 0 Å². The molecule has 0 saturated heterocycles. The number of anilines is 1. The molecule has 0 saturated carbocycles. The van der Waals surface area contributed by atoms with Crippen LogP contribution in [0.1, 0.15) is 30.4 Å². The maximum absolute atomic E-state index is 11.9. The lowest BCUT2D eigenvalue weighted by atomic mass is 10.1. The molecule has 2 nitrogen and oxygen atoms in total. The largest absolute Gasteiger partial charge is 0.392 e. The average molecular weight is 237 g/mol. The van der Waals surface area contributed by atoms with Crippen molar-refractivity contribution in [1.82, 2.24) is 0 Å². The van der Waals surface area contributed by atoms with Gasteiger partial charge in [-0.05, 0) is 55.4 Å².